The Hall–Kier alpha value is -2.65. The molecule has 2 N–H and O–H groups in total. The first-order valence-corrected chi connectivity index (χ1v) is 8.22. The molecule has 1 heterocycles. The molecule has 0 radical (unpaired) electrons. The molecule has 6 heteroatoms. The number of hydrogen-bond acceptors (Lipinski definition) is 4. The Balaban J connectivity index is 1.68. The molecular formula is C19H19F2N3O. The van der Waals surface area contributed by atoms with Crippen molar-refractivity contribution in [1.29, 1.82) is 5.26 Å². The minimum absolute atomic E-state index is 0.212. The van der Waals surface area contributed by atoms with Crippen LogP contribution in [-0.2, 0) is 6.54 Å². The average molecular weight is 343 g/mol. The smallest absolute Gasteiger partial charge is 0.146 e. The van der Waals surface area contributed by atoms with Crippen molar-refractivity contribution in [3.8, 4) is 6.07 Å². The molecule has 0 amide bonds. The van der Waals surface area contributed by atoms with Crippen molar-refractivity contribution in [1.82, 2.24) is 0 Å². The van der Waals surface area contributed by atoms with Gasteiger partial charge in [0, 0.05) is 19.6 Å². The molecular weight excluding hydrogens is 324 g/mol. The zero-order valence-electron chi connectivity index (χ0n) is 13.7. The van der Waals surface area contributed by atoms with Crippen molar-refractivity contribution in [3.05, 3.63) is 59.2 Å². The molecule has 2 aromatic rings. The number of anilines is 2. The van der Waals surface area contributed by atoms with E-state index >= 15 is 0 Å². The lowest BCUT2D eigenvalue weighted by Gasteiger charge is -2.31. The lowest BCUT2D eigenvalue weighted by Crippen LogP contribution is -2.36. The lowest BCUT2D eigenvalue weighted by atomic mass is 10.1. The predicted molar refractivity (Wildman–Crippen MR) is 92.3 cm³/mol. The summed E-state index contributed by atoms with van der Waals surface area (Å²) in [6.45, 7) is 1.60. The van der Waals surface area contributed by atoms with Gasteiger partial charge < -0.3 is 15.3 Å². The van der Waals surface area contributed by atoms with E-state index in [0.717, 1.165) is 11.6 Å². The first-order chi connectivity index (χ1) is 12.1. The second-order valence-corrected chi connectivity index (χ2v) is 6.16. The monoisotopic (exact) mass is 343 g/mol. The van der Waals surface area contributed by atoms with Gasteiger partial charge in [-0.05, 0) is 48.7 Å². The van der Waals surface area contributed by atoms with E-state index in [1.54, 1.807) is 6.07 Å². The van der Waals surface area contributed by atoms with Gasteiger partial charge in [0.15, 0.2) is 0 Å². The maximum absolute atomic E-state index is 14.4. The highest BCUT2D eigenvalue weighted by molar-refractivity contribution is 5.58. The fourth-order valence-electron chi connectivity index (χ4n) is 2.98. The highest BCUT2D eigenvalue weighted by Crippen LogP contribution is 2.25. The van der Waals surface area contributed by atoms with Gasteiger partial charge in [-0.25, -0.2) is 8.78 Å². The van der Waals surface area contributed by atoms with Gasteiger partial charge in [0.2, 0.25) is 0 Å². The third-order valence-electron chi connectivity index (χ3n) is 4.40. The van der Waals surface area contributed by atoms with E-state index in [1.807, 2.05) is 17.0 Å². The van der Waals surface area contributed by atoms with Crippen LogP contribution in [0.5, 0.6) is 0 Å². The normalized spacial score (nSPS) is 15.0. The molecule has 2 aromatic carbocycles. The number of nitriles is 1. The zero-order valence-corrected chi connectivity index (χ0v) is 13.7. The Morgan fingerprint density at radius 3 is 2.60 bits per heavy atom. The Morgan fingerprint density at radius 2 is 1.92 bits per heavy atom. The maximum Gasteiger partial charge on any atom is 0.146 e. The number of aliphatic hydroxyl groups excluding tert-OH is 1. The molecule has 0 spiro atoms. The lowest BCUT2D eigenvalue weighted by molar-refractivity contribution is 0.145. The molecule has 0 bridgehead atoms. The van der Waals surface area contributed by atoms with Crippen LogP contribution in [0, 0.1) is 23.0 Å². The molecule has 1 aliphatic rings. The molecule has 1 aliphatic heterocycles. The molecule has 0 aromatic heterocycles. The average Bonchev–Trinajstić information content (AvgIpc) is 2.61. The fourth-order valence-corrected chi connectivity index (χ4v) is 2.98. The van der Waals surface area contributed by atoms with Gasteiger partial charge in [-0.2, -0.15) is 5.26 Å². The van der Waals surface area contributed by atoms with E-state index in [1.165, 1.54) is 18.2 Å². The van der Waals surface area contributed by atoms with Crippen LogP contribution in [-0.4, -0.2) is 24.3 Å². The molecule has 1 fully saturated rings. The summed E-state index contributed by atoms with van der Waals surface area (Å²) in [5.74, 6) is -0.778. The van der Waals surface area contributed by atoms with Crippen molar-refractivity contribution < 1.29 is 13.9 Å². The van der Waals surface area contributed by atoms with Crippen molar-refractivity contribution in [2.45, 2.75) is 25.5 Å². The van der Waals surface area contributed by atoms with Gasteiger partial charge in [0.25, 0.3) is 0 Å². The summed E-state index contributed by atoms with van der Waals surface area (Å²) < 4.78 is 27.6. The molecule has 0 atom stereocenters. The zero-order chi connectivity index (χ0) is 17.8. The molecule has 130 valence electrons. The Morgan fingerprint density at radius 1 is 1.16 bits per heavy atom. The van der Waals surface area contributed by atoms with Crippen LogP contribution in [0.1, 0.15) is 24.0 Å². The Bertz CT molecular complexity index is 796. The van der Waals surface area contributed by atoms with Gasteiger partial charge >= 0.3 is 0 Å². The van der Waals surface area contributed by atoms with Gasteiger partial charge in [-0.1, -0.05) is 6.07 Å². The summed E-state index contributed by atoms with van der Waals surface area (Å²) in [7, 11) is 0. The number of halogens is 2. The number of hydrogen-bond donors (Lipinski definition) is 2. The third kappa shape index (κ3) is 4.06. The van der Waals surface area contributed by atoms with Crippen LogP contribution in [0.2, 0.25) is 0 Å². The molecule has 1 saturated heterocycles. The first kappa shape index (κ1) is 17.2. The number of rotatable bonds is 4. The third-order valence-corrected chi connectivity index (χ3v) is 4.40. The summed E-state index contributed by atoms with van der Waals surface area (Å²) in [4.78, 5) is 1.94. The Kier molecular flexibility index (Phi) is 5.15. The first-order valence-electron chi connectivity index (χ1n) is 8.22. The van der Waals surface area contributed by atoms with E-state index in [-0.39, 0.29) is 17.5 Å². The highest BCUT2D eigenvalue weighted by Gasteiger charge is 2.19. The van der Waals surface area contributed by atoms with Crippen LogP contribution in [0.25, 0.3) is 0 Å². The van der Waals surface area contributed by atoms with Gasteiger partial charge in [-0.3, -0.25) is 0 Å². The molecule has 3 rings (SSSR count). The van der Waals surface area contributed by atoms with Crippen molar-refractivity contribution >= 4 is 11.4 Å². The molecule has 0 unspecified atom stereocenters. The number of benzene rings is 2. The van der Waals surface area contributed by atoms with E-state index < -0.39 is 5.82 Å². The van der Waals surface area contributed by atoms with Gasteiger partial charge in [0.05, 0.1) is 23.0 Å². The van der Waals surface area contributed by atoms with Crippen LogP contribution < -0.4 is 10.2 Å². The minimum atomic E-state index is -0.468. The Labute approximate surface area is 145 Å². The number of nitrogens with zero attached hydrogens (tertiary/aromatic N) is 2. The number of aliphatic hydroxyl groups is 1. The quantitative estimate of drug-likeness (QED) is 0.893. The van der Waals surface area contributed by atoms with Crippen LogP contribution in [0.3, 0.4) is 0 Å². The molecule has 0 aliphatic carbocycles. The standard InChI is InChI=1S/C19H19F2N3O/c20-15-2-3-18(14(10-15)11-22)23-12-13-1-4-19(17(21)9-13)24-7-5-16(25)6-8-24/h1-4,9-10,16,23,25H,5-8,12H2. The topological polar surface area (TPSA) is 59.3 Å². The van der Waals surface area contributed by atoms with Crippen molar-refractivity contribution in [2.75, 3.05) is 23.3 Å². The molecule has 0 saturated carbocycles. The van der Waals surface area contributed by atoms with Crippen LogP contribution in [0.4, 0.5) is 20.2 Å². The summed E-state index contributed by atoms with van der Waals surface area (Å²) in [5.41, 5.74) is 1.99. The summed E-state index contributed by atoms with van der Waals surface area (Å²) in [5, 5.41) is 21.6. The van der Waals surface area contributed by atoms with Gasteiger partial charge in [-0.15, -0.1) is 0 Å². The van der Waals surface area contributed by atoms with E-state index in [9.17, 15) is 13.9 Å². The van der Waals surface area contributed by atoms with E-state index in [4.69, 9.17) is 5.26 Å². The largest absolute Gasteiger partial charge is 0.393 e. The summed E-state index contributed by atoms with van der Waals surface area (Å²) in [6.07, 6.45) is 0.988. The maximum atomic E-state index is 14.4. The highest BCUT2D eigenvalue weighted by atomic mass is 19.1. The summed E-state index contributed by atoms with van der Waals surface area (Å²) in [6, 6.07) is 10.9. The minimum Gasteiger partial charge on any atom is -0.393 e. The number of piperidine rings is 1. The molecule has 25 heavy (non-hydrogen) atoms. The SMILES string of the molecule is N#Cc1cc(F)ccc1NCc1ccc(N2CCC(O)CC2)c(F)c1. The van der Waals surface area contributed by atoms with E-state index in [0.29, 0.717) is 43.9 Å². The molecule has 4 nitrogen and oxygen atoms in total. The van der Waals surface area contributed by atoms with Crippen LogP contribution in [0.15, 0.2) is 36.4 Å². The number of nitrogens with one attached hydrogen (secondary N) is 1. The second kappa shape index (κ2) is 7.49. The van der Waals surface area contributed by atoms with Crippen molar-refractivity contribution in [2.24, 2.45) is 0 Å². The summed E-state index contributed by atoms with van der Waals surface area (Å²) >= 11 is 0. The fraction of sp³-hybridized carbons (Fsp3) is 0.316. The van der Waals surface area contributed by atoms with E-state index in [2.05, 4.69) is 5.32 Å². The second-order valence-electron chi connectivity index (χ2n) is 6.16. The predicted octanol–water partition coefficient (Wildman–Crippen LogP) is 3.41. The van der Waals surface area contributed by atoms with Crippen molar-refractivity contribution in [3.63, 3.8) is 0 Å². The van der Waals surface area contributed by atoms with Gasteiger partial charge in [0.1, 0.15) is 17.7 Å². The van der Waals surface area contributed by atoms with Crippen LogP contribution >= 0.6 is 0 Å².